The minimum absolute atomic E-state index is 0.0178. The minimum Gasteiger partial charge on any atom is -0.434 e. The van der Waals surface area contributed by atoms with E-state index in [1.54, 1.807) is 32.2 Å². The first kappa shape index (κ1) is 16.7. The van der Waals surface area contributed by atoms with Gasteiger partial charge in [0.25, 0.3) is 5.88 Å². The summed E-state index contributed by atoms with van der Waals surface area (Å²) in [5.41, 5.74) is 0.864. The van der Waals surface area contributed by atoms with Gasteiger partial charge in [0.1, 0.15) is 17.0 Å². The van der Waals surface area contributed by atoms with Crippen LogP contribution in [0.2, 0.25) is 0 Å². The van der Waals surface area contributed by atoms with E-state index in [9.17, 15) is 14.9 Å². The lowest BCUT2D eigenvalue weighted by Crippen LogP contribution is -2.02. The Labute approximate surface area is 142 Å². The molecule has 8 nitrogen and oxygen atoms in total. The minimum atomic E-state index is -0.532. The van der Waals surface area contributed by atoms with Crippen LogP contribution in [0, 0.1) is 17.0 Å². The Balaban J connectivity index is 2.10. The number of hydrogen-bond acceptors (Lipinski definition) is 6. The maximum Gasteiger partial charge on any atom is 0.353 e. The fourth-order valence-electron chi connectivity index (χ4n) is 2.77. The van der Waals surface area contributed by atoms with E-state index in [-0.39, 0.29) is 23.2 Å². The second-order valence-corrected chi connectivity index (χ2v) is 6.06. The standard InChI is InChI=1S/C17H17N3O5/c1-9(2)13-8-15(21)25-14-7-11(5-6-12(13)14)24-17-16(20(22)23)10(3)18-19(17)4/h5-9H,1-4H3. The largest absolute Gasteiger partial charge is 0.434 e. The molecule has 8 heteroatoms. The number of ether oxygens (including phenoxy) is 1. The molecule has 0 aliphatic heterocycles. The van der Waals surface area contributed by atoms with Crippen LogP contribution in [0.15, 0.2) is 33.5 Å². The predicted octanol–water partition coefficient (Wildman–Crippen LogP) is 3.66. The van der Waals surface area contributed by atoms with Crippen molar-refractivity contribution in [3.63, 3.8) is 0 Å². The summed E-state index contributed by atoms with van der Waals surface area (Å²) in [4.78, 5) is 22.5. The van der Waals surface area contributed by atoms with Crippen LogP contribution in [-0.4, -0.2) is 14.7 Å². The molecular formula is C17H17N3O5. The van der Waals surface area contributed by atoms with E-state index in [0.29, 0.717) is 11.3 Å². The number of nitrogens with zero attached hydrogens (tertiary/aromatic N) is 3. The van der Waals surface area contributed by atoms with E-state index in [0.717, 1.165) is 10.9 Å². The molecule has 3 aromatic rings. The van der Waals surface area contributed by atoms with Gasteiger partial charge in [0.15, 0.2) is 0 Å². The number of fused-ring (bicyclic) bond motifs is 1. The van der Waals surface area contributed by atoms with Crippen molar-refractivity contribution in [1.29, 1.82) is 0 Å². The molecule has 0 spiro atoms. The fourth-order valence-corrected chi connectivity index (χ4v) is 2.77. The molecule has 0 amide bonds. The van der Waals surface area contributed by atoms with Crippen molar-refractivity contribution in [2.45, 2.75) is 26.7 Å². The Bertz CT molecular complexity index is 1030. The number of hydrogen-bond donors (Lipinski definition) is 0. The first-order chi connectivity index (χ1) is 11.8. The lowest BCUT2D eigenvalue weighted by molar-refractivity contribution is -0.386. The van der Waals surface area contributed by atoms with Gasteiger partial charge in [0, 0.05) is 24.6 Å². The second kappa shape index (κ2) is 6.04. The molecule has 0 unspecified atom stereocenters. The highest BCUT2D eigenvalue weighted by Crippen LogP contribution is 2.35. The second-order valence-electron chi connectivity index (χ2n) is 6.06. The average Bonchev–Trinajstić information content (AvgIpc) is 2.79. The lowest BCUT2D eigenvalue weighted by Gasteiger charge is -2.10. The third kappa shape index (κ3) is 2.98. The predicted molar refractivity (Wildman–Crippen MR) is 91.2 cm³/mol. The van der Waals surface area contributed by atoms with Gasteiger partial charge >= 0.3 is 11.3 Å². The van der Waals surface area contributed by atoms with Gasteiger partial charge in [0.2, 0.25) is 0 Å². The van der Waals surface area contributed by atoms with Gasteiger partial charge in [-0.15, -0.1) is 0 Å². The van der Waals surface area contributed by atoms with Gasteiger partial charge in [-0.05, 0) is 30.5 Å². The third-order valence-electron chi connectivity index (χ3n) is 3.91. The van der Waals surface area contributed by atoms with Crippen LogP contribution in [-0.2, 0) is 7.05 Å². The molecule has 130 valence electrons. The van der Waals surface area contributed by atoms with Crippen molar-refractivity contribution in [3.8, 4) is 11.6 Å². The quantitative estimate of drug-likeness (QED) is 0.407. The first-order valence-corrected chi connectivity index (χ1v) is 7.71. The van der Waals surface area contributed by atoms with Gasteiger partial charge in [-0.25, -0.2) is 9.48 Å². The monoisotopic (exact) mass is 343 g/mol. The Hall–Kier alpha value is -3.16. The number of rotatable bonds is 4. The molecule has 0 saturated heterocycles. The molecule has 1 aromatic carbocycles. The summed E-state index contributed by atoms with van der Waals surface area (Å²) in [6.45, 7) is 5.51. The normalized spacial score (nSPS) is 11.2. The van der Waals surface area contributed by atoms with Gasteiger partial charge < -0.3 is 9.15 Å². The molecule has 0 bridgehead atoms. The summed E-state index contributed by atoms with van der Waals surface area (Å²) in [6.07, 6.45) is 0. The maximum atomic E-state index is 11.8. The Morgan fingerprint density at radius 1 is 1.32 bits per heavy atom. The molecule has 3 rings (SSSR count). The van der Waals surface area contributed by atoms with E-state index in [1.165, 1.54) is 10.7 Å². The number of aromatic nitrogens is 2. The summed E-state index contributed by atoms with van der Waals surface area (Å²) < 4.78 is 12.2. The fraction of sp³-hybridized carbons (Fsp3) is 0.294. The molecule has 0 aliphatic carbocycles. The Morgan fingerprint density at radius 2 is 2.04 bits per heavy atom. The molecule has 2 aromatic heterocycles. The zero-order valence-electron chi connectivity index (χ0n) is 14.3. The molecule has 0 N–H and O–H groups in total. The van der Waals surface area contributed by atoms with Gasteiger partial charge in [-0.3, -0.25) is 10.1 Å². The summed E-state index contributed by atoms with van der Waals surface area (Å²) in [6, 6.07) is 6.48. The van der Waals surface area contributed by atoms with Crippen LogP contribution < -0.4 is 10.4 Å². The van der Waals surface area contributed by atoms with Crippen LogP contribution in [0.3, 0.4) is 0 Å². The molecule has 0 saturated carbocycles. The number of benzene rings is 1. The summed E-state index contributed by atoms with van der Waals surface area (Å²) in [7, 11) is 1.56. The number of aryl methyl sites for hydroxylation is 2. The average molecular weight is 343 g/mol. The third-order valence-corrected chi connectivity index (χ3v) is 3.91. The summed E-state index contributed by atoms with van der Waals surface area (Å²) in [5, 5.41) is 16.1. The van der Waals surface area contributed by atoms with Crippen LogP contribution in [0.4, 0.5) is 5.69 Å². The molecule has 0 radical (unpaired) electrons. The molecule has 2 heterocycles. The smallest absolute Gasteiger partial charge is 0.353 e. The SMILES string of the molecule is Cc1nn(C)c(Oc2ccc3c(C(C)C)cc(=O)oc3c2)c1[N+](=O)[O-]. The number of nitro groups is 1. The van der Waals surface area contributed by atoms with E-state index >= 15 is 0 Å². The van der Waals surface area contributed by atoms with Crippen molar-refractivity contribution < 1.29 is 14.1 Å². The molecule has 25 heavy (non-hydrogen) atoms. The Morgan fingerprint density at radius 3 is 2.68 bits per heavy atom. The van der Waals surface area contributed by atoms with Gasteiger partial charge in [0.05, 0.1) is 4.92 Å². The molecular weight excluding hydrogens is 326 g/mol. The van der Waals surface area contributed by atoms with Crippen molar-refractivity contribution in [2.24, 2.45) is 7.05 Å². The first-order valence-electron chi connectivity index (χ1n) is 7.71. The van der Waals surface area contributed by atoms with Crippen LogP contribution in [0.25, 0.3) is 11.0 Å². The summed E-state index contributed by atoms with van der Waals surface area (Å²) in [5.74, 6) is 0.492. The highest BCUT2D eigenvalue weighted by Gasteiger charge is 2.26. The molecule has 0 fully saturated rings. The highest BCUT2D eigenvalue weighted by molar-refractivity contribution is 5.82. The van der Waals surface area contributed by atoms with Crippen molar-refractivity contribution in [1.82, 2.24) is 9.78 Å². The van der Waals surface area contributed by atoms with Crippen molar-refractivity contribution in [3.05, 3.63) is 56.1 Å². The molecule has 0 aliphatic rings. The van der Waals surface area contributed by atoms with Gasteiger partial charge in [-0.2, -0.15) is 5.10 Å². The van der Waals surface area contributed by atoms with Crippen LogP contribution in [0.1, 0.15) is 31.0 Å². The zero-order chi connectivity index (χ0) is 18.3. The van der Waals surface area contributed by atoms with Gasteiger partial charge in [-0.1, -0.05) is 13.8 Å². The molecule has 0 atom stereocenters. The zero-order valence-corrected chi connectivity index (χ0v) is 14.3. The van der Waals surface area contributed by atoms with E-state index in [4.69, 9.17) is 9.15 Å². The van der Waals surface area contributed by atoms with Crippen molar-refractivity contribution in [2.75, 3.05) is 0 Å². The maximum absolute atomic E-state index is 11.8. The summed E-state index contributed by atoms with van der Waals surface area (Å²) >= 11 is 0. The van der Waals surface area contributed by atoms with E-state index in [2.05, 4.69) is 5.10 Å². The Kier molecular flexibility index (Phi) is 4.03. The van der Waals surface area contributed by atoms with Crippen LogP contribution in [0.5, 0.6) is 11.6 Å². The topological polar surface area (TPSA) is 100 Å². The van der Waals surface area contributed by atoms with Crippen LogP contribution >= 0.6 is 0 Å². The lowest BCUT2D eigenvalue weighted by atomic mass is 10.00. The van der Waals surface area contributed by atoms with E-state index in [1.807, 2.05) is 13.8 Å². The van der Waals surface area contributed by atoms with E-state index < -0.39 is 10.5 Å². The van der Waals surface area contributed by atoms with Crippen molar-refractivity contribution >= 4 is 16.7 Å². The highest BCUT2D eigenvalue weighted by atomic mass is 16.6.